The van der Waals surface area contributed by atoms with Gasteiger partial charge in [0.15, 0.2) is 0 Å². The van der Waals surface area contributed by atoms with Gasteiger partial charge >= 0.3 is 0 Å². The first-order chi connectivity index (χ1) is 24.2. The van der Waals surface area contributed by atoms with Crippen molar-refractivity contribution in [3.8, 4) is 5.75 Å². The van der Waals surface area contributed by atoms with E-state index >= 15 is 0 Å². The maximum absolute atomic E-state index is 14.3. The lowest BCUT2D eigenvalue weighted by atomic mass is 9.84. The molecule has 0 saturated heterocycles. The van der Waals surface area contributed by atoms with Crippen LogP contribution >= 0.6 is 0 Å². The summed E-state index contributed by atoms with van der Waals surface area (Å²) in [6, 6.07) is 35.8. The molecule has 5 rings (SSSR count). The van der Waals surface area contributed by atoms with Crippen LogP contribution < -0.4 is 15.4 Å². The topological polar surface area (TPSA) is 129 Å². The molecular formula is C40H45N5O5. The van der Waals surface area contributed by atoms with Crippen LogP contribution in [-0.4, -0.2) is 57.3 Å². The van der Waals surface area contributed by atoms with E-state index in [-0.39, 0.29) is 43.3 Å². The molecule has 260 valence electrons. The Bertz CT molecular complexity index is 1730. The average molecular weight is 676 g/mol. The first-order valence-corrected chi connectivity index (χ1v) is 16.7. The second kappa shape index (κ2) is 17.9. The van der Waals surface area contributed by atoms with Crippen molar-refractivity contribution in [3.63, 3.8) is 0 Å². The number of carbonyl (C=O) groups is 2. The fraction of sp³-hybridized carbons (Fsp3) is 0.275. The van der Waals surface area contributed by atoms with Crippen molar-refractivity contribution >= 4 is 11.8 Å². The van der Waals surface area contributed by atoms with Gasteiger partial charge in [0.2, 0.25) is 18.2 Å². The number of amides is 2. The van der Waals surface area contributed by atoms with Crippen LogP contribution in [0.1, 0.15) is 41.8 Å². The fourth-order valence-corrected chi connectivity index (χ4v) is 5.43. The van der Waals surface area contributed by atoms with Crippen LogP contribution in [0.2, 0.25) is 0 Å². The first kappa shape index (κ1) is 36.0. The highest BCUT2D eigenvalue weighted by Crippen LogP contribution is 2.22. The standard InChI is InChI=1S/C40H45N5O5/c1-40(2,33-16-10-5-11-17-33)28-42-37(46)25-45(24-30-18-20-35(21-19-30)49-26-31-12-6-3-7-13-31)38(47)36(22-34-23-41-29-43-34)44-39(48)50-27-32-14-8-4-9-15-32/h3-21,23,29,36,39,44,48H,22,24-28H2,1-2H3,(H,41,43)(H,42,46)/t36?,39-/m1/s1. The monoisotopic (exact) mass is 675 g/mol. The van der Waals surface area contributed by atoms with Crippen molar-refractivity contribution in [2.24, 2.45) is 0 Å². The van der Waals surface area contributed by atoms with Gasteiger partial charge in [-0.15, -0.1) is 0 Å². The van der Waals surface area contributed by atoms with Crippen molar-refractivity contribution in [1.82, 2.24) is 25.5 Å². The summed E-state index contributed by atoms with van der Waals surface area (Å²) < 4.78 is 11.6. The van der Waals surface area contributed by atoms with Crippen molar-refractivity contribution in [2.45, 2.75) is 57.9 Å². The van der Waals surface area contributed by atoms with Crippen LogP contribution in [0.25, 0.3) is 0 Å². The van der Waals surface area contributed by atoms with E-state index in [1.807, 2.05) is 115 Å². The van der Waals surface area contributed by atoms with Crippen LogP contribution in [-0.2, 0) is 45.9 Å². The molecule has 0 fully saturated rings. The third-order valence-corrected chi connectivity index (χ3v) is 8.35. The van der Waals surface area contributed by atoms with Crippen molar-refractivity contribution < 1.29 is 24.2 Å². The number of aliphatic hydroxyl groups is 1. The molecule has 0 aliphatic rings. The molecule has 10 heteroatoms. The number of imidazole rings is 1. The van der Waals surface area contributed by atoms with Crippen LogP contribution in [0.15, 0.2) is 128 Å². The lowest BCUT2D eigenvalue weighted by Crippen LogP contribution is -2.53. The highest BCUT2D eigenvalue weighted by atomic mass is 16.6. The molecule has 1 heterocycles. The van der Waals surface area contributed by atoms with Crippen molar-refractivity contribution in [2.75, 3.05) is 13.1 Å². The van der Waals surface area contributed by atoms with Gasteiger partial charge in [0, 0.05) is 36.8 Å². The normalized spacial score (nSPS) is 12.5. The average Bonchev–Trinajstić information content (AvgIpc) is 3.66. The number of H-pyrrole nitrogens is 1. The molecule has 2 atom stereocenters. The SMILES string of the molecule is CC(C)(CNC(=O)CN(Cc1ccc(OCc2ccccc2)cc1)C(=O)C(Cc1cnc[nH]1)N[C@H](O)OCc1ccccc1)c1ccccc1. The second-order valence-electron chi connectivity index (χ2n) is 12.8. The number of benzene rings is 4. The van der Waals surface area contributed by atoms with E-state index < -0.39 is 12.5 Å². The molecule has 50 heavy (non-hydrogen) atoms. The van der Waals surface area contributed by atoms with E-state index in [0.717, 1.165) is 22.3 Å². The zero-order valence-electron chi connectivity index (χ0n) is 28.5. The van der Waals surface area contributed by atoms with E-state index in [9.17, 15) is 14.7 Å². The number of aromatic nitrogens is 2. The van der Waals surface area contributed by atoms with Gasteiger partial charge in [-0.1, -0.05) is 117 Å². The summed E-state index contributed by atoms with van der Waals surface area (Å²) in [5, 5.41) is 16.8. The molecule has 1 unspecified atom stereocenters. The number of ether oxygens (including phenoxy) is 2. The van der Waals surface area contributed by atoms with Gasteiger partial charge in [-0.25, -0.2) is 4.98 Å². The molecule has 2 amide bonds. The van der Waals surface area contributed by atoms with E-state index in [4.69, 9.17) is 9.47 Å². The molecule has 4 aromatic carbocycles. The Morgan fingerprint density at radius 2 is 1.46 bits per heavy atom. The smallest absolute Gasteiger partial charge is 0.241 e. The predicted molar refractivity (Wildman–Crippen MR) is 192 cm³/mol. The lowest BCUT2D eigenvalue weighted by molar-refractivity contribution is -0.152. The number of nitrogens with zero attached hydrogens (tertiary/aromatic N) is 2. The van der Waals surface area contributed by atoms with Gasteiger partial charge in [-0.05, 0) is 34.4 Å². The minimum absolute atomic E-state index is 0.141. The van der Waals surface area contributed by atoms with Crippen LogP contribution in [0.5, 0.6) is 5.75 Å². The molecule has 0 spiro atoms. The highest BCUT2D eigenvalue weighted by Gasteiger charge is 2.30. The highest BCUT2D eigenvalue weighted by molar-refractivity contribution is 5.87. The molecule has 0 radical (unpaired) electrons. The van der Waals surface area contributed by atoms with Gasteiger partial charge in [-0.3, -0.25) is 14.9 Å². The summed E-state index contributed by atoms with van der Waals surface area (Å²) in [4.78, 5) is 36.4. The number of carbonyl (C=O) groups excluding carboxylic acids is 2. The Hall–Kier alpha value is -5.29. The molecule has 5 aromatic rings. The summed E-state index contributed by atoms with van der Waals surface area (Å²) in [6.07, 6.45) is 1.88. The number of aliphatic hydroxyl groups excluding tert-OH is 1. The fourth-order valence-electron chi connectivity index (χ4n) is 5.43. The Kier molecular flexibility index (Phi) is 12.9. The van der Waals surface area contributed by atoms with Gasteiger partial charge in [0.05, 0.1) is 25.5 Å². The van der Waals surface area contributed by atoms with Gasteiger partial charge in [0.1, 0.15) is 12.4 Å². The summed E-state index contributed by atoms with van der Waals surface area (Å²) in [6.45, 7) is 5.03. The van der Waals surface area contributed by atoms with Crippen molar-refractivity contribution in [1.29, 1.82) is 0 Å². The first-order valence-electron chi connectivity index (χ1n) is 16.7. The number of hydrogen-bond donors (Lipinski definition) is 4. The number of hydrogen-bond acceptors (Lipinski definition) is 7. The third kappa shape index (κ3) is 11.1. The zero-order chi connectivity index (χ0) is 35.2. The van der Waals surface area contributed by atoms with E-state index in [1.165, 1.54) is 11.2 Å². The molecule has 0 aliphatic carbocycles. The van der Waals surface area contributed by atoms with Gasteiger partial charge in [-0.2, -0.15) is 0 Å². The Balaban J connectivity index is 1.31. The van der Waals surface area contributed by atoms with Gasteiger partial charge in [0.25, 0.3) is 0 Å². The maximum atomic E-state index is 14.3. The molecule has 4 N–H and O–H groups in total. The maximum Gasteiger partial charge on any atom is 0.241 e. The summed E-state index contributed by atoms with van der Waals surface area (Å²) in [7, 11) is 0. The van der Waals surface area contributed by atoms with E-state index in [0.29, 0.717) is 24.6 Å². The largest absolute Gasteiger partial charge is 0.489 e. The van der Waals surface area contributed by atoms with Crippen molar-refractivity contribution in [3.05, 3.63) is 156 Å². The summed E-state index contributed by atoms with van der Waals surface area (Å²) in [5.41, 5.74) is 4.19. The van der Waals surface area contributed by atoms with Crippen LogP contribution in [0.4, 0.5) is 0 Å². The zero-order valence-corrected chi connectivity index (χ0v) is 28.5. The molecule has 10 nitrogen and oxygen atoms in total. The van der Waals surface area contributed by atoms with E-state index in [1.54, 1.807) is 6.20 Å². The Morgan fingerprint density at radius 3 is 2.08 bits per heavy atom. The summed E-state index contributed by atoms with van der Waals surface area (Å²) in [5.74, 6) is 0.00372. The Labute approximate surface area is 293 Å². The molecular weight excluding hydrogens is 630 g/mol. The quantitative estimate of drug-likeness (QED) is 0.0952. The molecule has 0 aliphatic heterocycles. The minimum Gasteiger partial charge on any atom is -0.489 e. The van der Waals surface area contributed by atoms with E-state index in [2.05, 4.69) is 34.4 Å². The van der Waals surface area contributed by atoms with Gasteiger partial charge < -0.3 is 29.8 Å². The van der Waals surface area contributed by atoms with Crippen LogP contribution in [0, 0.1) is 0 Å². The number of nitrogens with one attached hydrogen (secondary N) is 3. The number of aromatic amines is 1. The third-order valence-electron chi connectivity index (χ3n) is 8.35. The van der Waals surface area contributed by atoms with Crippen LogP contribution in [0.3, 0.4) is 0 Å². The molecule has 1 aromatic heterocycles. The predicted octanol–water partition coefficient (Wildman–Crippen LogP) is 5.10. The summed E-state index contributed by atoms with van der Waals surface area (Å²) >= 11 is 0. The number of rotatable bonds is 18. The minimum atomic E-state index is -1.45. The lowest BCUT2D eigenvalue weighted by Gasteiger charge is -2.30. The Morgan fingerprint density at radius 1 is 0.840 bits per heavy atom. The molecule has 0 bridgehead atoms. The second-order valence-corrected chi connectivity index (χ2v) is 12.8. The molecule has 0 saturated carbocycles.